The maximum Gasteiger partial charge on any atom is 0.333 e. The fourth-order valence-electron chi connectivity index (χ4n) is 4.51. The lowest BCUT2D eigenvalue weighted by atomic mass is 10.1. The number of pyridine rings is 1. The summed E-state index contributed by atoms with van der Waals surface area (Å²) in [4.78, 5) is 65.8. The molecule has 3 heterocycles. The Bertz CT molecular complexity index is 1500. The highest BCUT2D eigenvalue weighted by Crippen LogP contribution is 2.33. The topological polar surface area (TPSA) is 145 Å². The van der Waals surface area contributed by atoms with Crippen molar-refractivity contribution in [3.8, 4) is 0 Å². The van der Waals surface area contributed by atoms with Crippen LogP contribution >= 0.6 is 0 Å². The Labute approximate surface area is 229 Å². The second kappa shape index (κ2) is 12.5. The van der Waals surface area contributed by atoms with Crippen molar-refractivity contribution in [2.75, 3.05) is 6.61 Å². The summed E-state index contributed by atoms with van der Waals surface area (Å²) in [5, 5.41) is 0. The van der Waals surface area contributed by atoms with E-state index in [-0.39, 0.29) is 13.2 Å². The van der Waals surface area contributed by atoms with E-state index in [1.807, 2.05) is 42.5 Å². The van der Waals surface area contributed by atoms with Gasteiger partial charge in [0.25, 0.3) is 5.56 Å². The molecule has 0 bridgehead atoms. The first-order valence-electron chi connectivity index (χ1n) is 12.6. The number of nitrogens with zero attached hydrogens (tertiary/aromatic N) is 3. The van der Waals surface area contributed by atoms with Crippen molar-refractivity contribution in [3.63, 3.8) is 0 Å². The molecule has 1 aromatic carbocycles. The van der Waals surface area contributed by atoms with Crippen LogP contribution in [0.3, 0.4) is 0 Å². The molecule has 4 atom stereocenters. The molecule has 12 heteroatoms. The van der Waals surface area contributed by atoms with Crippen LogP contribution in [0.2, 0.25) is 0 Å². The summed E-state index contributed by atoms with van der Waals surface area (Å²) in [6, 6.07) is 14.7. The first-order chi connectivity index (χ1) is 19.1. The summed E-state index contributed by atoms with van der Waals surface area (Å²) in [5.41, 5.74) is 1.19. The predicted molar refractivity (Wildman–Crippen MR) is 139 cm³/mol. The summed E-state index contributed by atoms with van der Waals surface area (Å²) in [6.07, 6.45) is -1.32. The highest BCUT2D eigenvalue weighted by molar-refractivity contribution is 5.68. The Kier molecular flexibility index (Phi) is 8.90. The standard InChI is InChI=1S/C28H29N3O9/c1-17(32)37-16-23-25(38-18(2)33)26(39-19(3)34)27(40-23)30-12-10-24(35)31(28(30)36)15-22-14-21(9-11-29-22)13-20-7-5-4-6-8-20/h4-12,14,23,25-27H,13,15-16H2,1-3H3/t23-,25-,26-,27-/m1/s1. The highest BCUT2D eigenvalue weighted by atomic mass is 16.7. The van der Waals surface area contributed by atoms with Gasteiger partial charge in [-0.2, -0.15) is 0 Å². The molecule has 0 unspecified atom stereocenters. The molecule has 0 spiro atoms. The van der Waals surface area contributed by atoms with Gasteiger partial charge in [0.1, 0.15) is 12.7 Å². The average Bonchev–Trinajstić information content (AvgIpc) is 3.21. The van der Waals surface area contributed by atoms with Crippen molar-refractivity contribution in [1.82, 2.24) is 14.1 Å². The lowest BCUT2D eigenvalue weighted by Gasteiger charge is -2.24. The molecule has 1 aliphatic rings. The van der Waals surface area contributed by atoms with Crippen LogP contribution in [0.25, 0.3) is 0 Å². The molecule has 12 nitrogen and oxygen atoms in total. The normalized spacial score (nSPS) is 20.1. The molecule has 0 aliphatic carbocycles. The van der Waals surface area contributed by atoms with Gasteiger partial charge in [0, 0.05) is 39.2 Å². The maximum atomic E-state index is 13.6. The molecule has 40 heavy (non-hydrogen) atoms. The summed E-state index contributed by atoms with van der Waals surface area (Å²) in [5.74, 6) is -2.02. The molecule has 1 fully saturated rings. The number of hydrogen-bond acceptors (Lipinski definition) is 10. The van der Waals surface area contributed by atoms with Crippen molar-refractivity contribution >= 4 is 17.9 Å². The third kappa shape index (κ3) is 6.89. The van der Waals surface area contributed by atoms with Gasteiger partial charge in [0.05, 0.1) is 12.2 Å². The van der Waals surface area contributed by atoms with Gasteiger partial charge in [0.2, 0.25) is 0 Å². The summed E-state index contributed by atoms with van der Waals surface area (Å²) in [7, 11) is 0. The molecular weight excluding hydrogens is 522 g/mol. The molecule has 0 saturated carbocycles. The first kappa shape index (κ1) is 28.4. The molecule has 1 saturated heterocycles. The molecule has 0 amide bonds. The summed E-state index contributed by atoms with van der Waals surface area (Å²) >= 11 is 0. The van der Waals surface area contributed by atoms with Crippen molar-refractivity contribution in [2.24, 2.45) is 0 Å². The number of benzene rings is 1. The smallest absolute Gasteiger partial charge is 0.333 e. The Morgan fingerprint density at radius 3 is 2.27 bits per heavy atom. The molecule has 2 aromatic heterocycles. The van der Waals surface area contributed by atoms with Gasteiger partial charge in [-0.05, 0) is 29.7 Å². The van der Waals surface area contributed by atoms with Crippen molar-refractivity contribution in [1.29, 1.82) is 0 Å². The zero-order valence-electron chi connectivity index (χ0n) is 22.2. The van der Waals surface area contributed by atoms with E-state index in [2.05, 4.69) is 4.98 Å². The molecule has 3 aromatic rings. The fourth-order valence-corrected chi connectivity index (χ4v) is 4.51. The predicted octanol–water partition coefficient (Wildman–Crippen LogP) is 1.37. The van der Waals surface area contributed by atoms with Crippen LogP contribution < -0.4 is 11.2 Å². The molecule has 210 valence electrons. The zero-order chi connectivity index (χ0) is 28.8. The fraction of sp³-hybridized carbons (Fsp3) is 0.357. The second-order valence-electron chi connectivity index (χ2n) is 9.26. The van der Waals surface area contributed by atoms with Crippen LogP contribution in [-0.2, 0) is 46.3 Å². The second-order valence-corrected chi connectivity index (χ2v) is 9.26. The van der Waals surface area contributed by atoms with E-state index in [4.69, 9.17) is 18.9 Å². The molecular formula is C28H29N3O9. The number of hydrogen-bond donors (Lipinski definition) is 0. The molecule has 0 radical (unpaired) electrons. The quantitative estimate of drug-likeness (QED) is 0.282. The van der Waals surface area contributed by atoms with Gasteiger partial charge in [-0.1, -0.05) is 30.3 Å². The van der Waals surface area contributed by atoms with Crippen LogP contribution in [0.1, 0.15) is 43.8 Å². The van der Waals surface area contributed by atoms with E-state index in [0.29, 0.717) is 12.1 Å². The van der Waals surface area contributed by atoms with E-state index in [1.165, 1.54) is 19.2 Å². The first-order valence-corrected chi connectivity index (χ1v) is 12.6. The van der Waals surface area contributed by atoms with E-state index >= 15 is 0 Å². The minimum absolute atomic E-state index is 0.129. The summed E-state index contributed by atoms with van der Waals surface area (Å²) in [6.45, 7) is 3.05. The number of rotatable bonds is 9. The van der Waals surface area contributed by atoms with Gasteiger partial charge in [-0.3, -0.25) is 33.3 Å². The van der Waals surface area contributed by atoms with Crippen molar-refractivity contribution < 1.29 is 33.3 Å². The van der Waals surface area contributed by atoms with E-state index in [0.717, 1.165) is 34.1 Å². The average molecular weight is 552 g/mol. The van der Waals surface area contributed by atoms with Gasteiger partial charge in [-0.25, -0.2) is 4.79 Å². The number of ether oxygens (including phenoxy) is 4. The minimum Gasteiger partial charge on any atom is -0.463 e. The highest BCUT2D eigenvalue weighted by Gasteiger charge is 2.51. The van der Waals surface area contributed by atoms with Gasteiger partial charge in [0.15, 0.2) is 18.4 Å². The minimum atomic E-state index is -1.29. The maximum absolute atomic E-state index is 13.6. The lowest BCUT2D eigenvalue weighted by Crippen LogP contribution is -2.45. The Hall–Kier alpha value is -4.58. The SMILES string of the molecule is CC(=O)OC[C@H]1O[C@@H](n2ccc(=O)n(Cc3cc(Cc4ccccc4)ccn3)c2=O)[C@H](OC(C)=O)[C@@H]1OC(C)=O. The number of aromatic nitrogens is 3. The van der Waals surface area contributed by atoms with Gasteiger partial charge < -0.3 is 18.9 Å². The third-order valence-electron chi connectivity index (χ3n) is 6.16. The van der Waals surface area contributed by atoms with E-state index in [1.54, 1.807) is 6.20 Å². The molecule has 4 rings (SSSR count). The molecule has 1 aliphatic heterocycles. The van der Waals surface area contributed by atoms with Crippen LogP contribution in [0.15, 0.2) is 70.5 Å². The van der Waals surface area contributed by atoms with Crippen LogP contribution in [0.5, 0.6) is 0 Å². The monoisotopic (exact) mass is 551 g/mol. The van der Waals surface area contributed by atoms with E-state index < -0.39 is 53.7 Å². The van der Waals surface area contributed by atoms with Gasteiger partial charge in [-0.15, -0.1) is 0 Å². The van der Waals surface area contributed by atoms with Crippen molar-refractivity contribution in [2.45, 2.75) is 58.3 Å². The van der Waals surface area contributed by atoms with Crippen molar-refractivity contribution in [3.05, 3.63) is 98.6 Å². The summed E-state index contributed by atoms with van der Waals surface area (Å²) < 4.78 is 23.8. The van der Waals surface area contributed by atoms with E-state index in [9.17, 15) is 24.0 Å². The number of esters is 3. The molecule has 0 N–H and O–H groups in total. The lowest BCUT2D eigenvalue weighted by molar-refractivity contribution is -0.166. The zero-order valence-corrected chi connectivity index (χ0v) is 22.2. The Morgan fingerprint density at radius 1 is 0.900 bits per heavy atom. The third-order valence-corrected chi connectivity index (χ3v) is 6.16. The van der Waals surface area contributed by atoms with Gasteiger partial charge >= 0.3 is 23.6 Å². The largest absolute Gasteiger partial charge is 0.463 e. The Balaban J connectivity index is 1.66. The number of carbonyl (C=O) groups excluding carboxylic acids is 3. The van der Waals surface area contributed by atoms with Crippen LogP contribution in [-0.4, -0.2) is 56.9 Å². The van der Waals surface area contributed by atoms with Crippen LogP contribution in [0, 0.1) is 0 Å². The van der Waals surface area contributed by atoms with Crippen LogP contribution in [0.4, 0.5) is 0 Å². The number of carbonyl (C=O) groups is 3. The Morgan fingerprint density at radius 2 is 1.60 bits per heavy atom.